The smallest absolute Gasteiger partial charge is 0.191 e. The van der Waals surface area contributed by atoms with Gasteiger partial charge in [-0.1, -0.05) is 36.2 Å². The average Bonchev–Trinajstić information content (AvgIpc) is 2.86. The van der Waals surface area contributed by atoms with Gasteiger partial charge < -0.3 is 15.2 Å². The summed E-state index contributed by atoms with van der Waals surface area (Å²) < 4.78 is 2.31. The first-order chi connectivity index (χ1) is 12.8. The van der Waals surface area contributed by atoms with E-state index in [-0.39, 0.29) is 24.0 Å². The van der Waals surface area contributed by atoms with Crippen LogP contribution >= 0.6 is 24.0 Å². The first-order valence-electron chi connectivity index (χ1n) is 9.75. The molecule has 7 heteroatoms. The van der Waals surface area contributed by atoms with Crippen molar-refractivity contribution >= 4 is 29.9 Å². The number of hydrogen-bond acceptors (Lipinski definition) is 3. The zero-order valence-electron chi connectivity index (χ0n) is 16.4. The lowest BCUT2D eigenvalue weighted by Crippen LogP contribution is -2.38. The third-order valence-corrected chi connectivity index (χ3v) is 4.67. The van der Waals surface area contributed by atoms with Gasteiger partial charge in [-0.15, -0.1) is 34.2 Å². The molecular weight excluding hydrogens is 451 g/mol. The van der Waals surface area contributed by atoms with Crippen molar-refractivity contribution in [2.24, 2.45) is 4.99 Å². The number of aromatic nitrogens is 3. The van der Waals surface area contributed by atoms with Crippen molar-refractivity contribution in [2.45, 2.75) is 59.0 Å². The Morgan fingerprint density at radius 3 is 2.89 bits per heavy atom. The van der Waals surface area contributed by atoms with E-state index >= 15 is 0 Å². The van der Waals surface area contributed by atoms with Crippen molar-refractivity contribution in [2.75, 3.05) is 13.1 Å². The van der Waals surface area contributed by atoms with Gasteiger partial charge in [0.1, 0.15) is 11.6 Å². The van der Waals surface area contributed by atoms with Crippen LogP contribution in [0.4, 0.5) is 0 Å². The molecule has 0 bridgehead atoms. The number of rotatable bonds is 6. The van der Waals surface area contributed by atoms with Gasteiger partial charge in [0, 0.05) is 32.5 Å². The fourth-order valence-electron chi connectivity index (χ4n) is 3.35. The van der Waals surface area contributed by atoms with E-state index in [1.807, 2.05) is 0 Å². The number of hydrogen-bond donors (Lipinski definition) is 2. The highest BCUT2D eigenvalue weighted by Crippen LogP contribution is 2.14. The molecular formula is C20H31IN6. The third kappa shape index (κ3) is 6.48. The van der Waals surface area contributed by atoms with Gasteiger partial charge in [0.2, 0.25) is 0 Å². The van der Waals surface area contributed by atoms with E-state index in [0.29, 0.717) is 6.54 Å². The predicted molar refractivity (Wildman–Crippen MR) is 121 cm³/mol. The topological polar surface area (TPSA) is 67.1 Å². The molecule has 0 saturated carbocycles. The van der Waals surface area contributed by atoms with E-state index in [1.165, 1.54) is 30.4 Å². The van der Waals surface area contributed by atoms with E-state index < -0.39 is 0 Å². The largest absolute Gasteiger partial charge is 0.357 e. The molecule has 2 N–H and O–H groups in total. The van der Waals surface area contributed by atoms with Crippen LogP contribution in [0, 0.1) is 6.92 Å². The third-order valence-electron chi connectivity index (χ3n) is 4.67. The number of halogens is 1. The summed E-state index contributed by atoms with van der Waals surface area (Å²) >= 11 is 0. The van der Waals surface area contributed by atoms with Crippen molar-refractivity contribution in [3.63, 3.8) is 0 Å². The zero-order valence-corrected chi connectivity index (χ0v) is 18.7. The summed E-state index contributed by atoms with van der Waals surface area (Å²) in [6, 6.07) is 8.49. The standard InChI is InChI=1S/C20H30N6.HI/c1-3-21-20(23-15-17-9-7-8-16(2)14-17)22-12-11-19-25-24-18-10-5-4-6-13-26(18)19;/h7-9,14H,3-6,10-13,15H2,1-2H3,(H2,21,22,23);1H. The maximum atomic E-state index is 4.70. The van der Waals surface area contributed by atoms with Crippen molar-refractivity contribution in [1.82, 2.24) is 25.4 Å². The monoisotopic (exact) mass is 482 g/mol. The van der Waals surface area contributed by atoms with E-state index in [0.717, 1.165) is 50.1 Å². The van der Waals surface area contributed by atoms with Crippen molar-refractivity contribution in [1.29, 1.82) is 0 Å². The molecule has 6 nitrogen and oxygen atoms in total. The van der Waals surface area contributed by atoms with Crippen LogP contribution in [0.3, 0.4) is 0 Å². The van der Waals surface area contributed by atoms with Gasteiger partial charge in [-0.25, -0.2) is 4.99 Å². The molecule has 0 amide bonds. The van der Waals surface area contributed by atoms with Crippen LogP contribution in [0.25, 0.3) is 0 Å². The molecule has 27 heavy (non-hydrogen) atoms. The number of benzene rings is 1. The van der Waals surface area contributed by atoms with Gasteiger partial charge in [0.15, 0.2) is 5.96 Å². The van der Waals surface area contributed by atoms with Gasteiger partial charge in [-0.3, -0.25) is 0 Å². The van der Waals surface area contributed by atoms with Crippen LogP contribution < -0.4 is 10.6 Å². The average molecular weight is 482 g/mol. The van der Waals surface area contributed by atoms with Crippen molar-refractivity contribution in [3.05, 3.63) is 47.0 Å². The van der Waals surface area contributed by atoms with Gasteiger partial charge in [-0.2, -0.15) is 0 Å². The molecule has 0 atom stereocenters. The Bertz CT molecular complexity index is 740. The van der Waals surface area contributed by atoms with E-state index in [9.17, 15) is 0 Å². The molecule has 1 aromatic heterocycles. The minimum Gasteiger partial charge on any atom is -0.357 e. The molecule has 1 aliphatic rings. The lowest BCUT2D eigenvalue weighted by atomic mass is 10.1. The SMILES string of the molecule is CCNC(=NCc1cccc(C)c1)NCCc1nnc2n1CCCCC2.I. The van der Waals surface area contributed by atoms with Crippen molar-refractivity contribution in [3.8, 4) is 0 Å². The van der Waals surface area contributed by atoms with Crippen LogP contribution in [0.15, 0.2) is 29.3 Å². The normalized spacial score (nSPS) is 14.1. The first kappa shape index (κ1) is 21.7. The summed E-state index contributed by atoms with van der Waals surface area (Å²) in [5.41, 5.74) is 2.49. The van der Waals surface area contributed by atoms with Crippen LogP contribution in [0.1, 0.15) is 49.0 Å². The van der Waals surface area contributed by atoms with Crippen molar-refractivity contribution < 1.29 is 0 Å². The highest BCUT2D eigenvalue weighted by molar-refractivity contribution is 14.0. The second kappa shape index (κ2) is 11.3. The second-order valence-corrected chi connectivity index (χ2v) is 6.86. The molecule has 2 aromatic rings. The number of fused-ring (bicyclic) bond motifs is 1. The number of nitrogens with zero attached hydrogens (tertiary/aromatic N) is 4. The number of guanidine groups is 1. The minimum atomic E-state index is 0. The number of aliphatic imine (C=N–C) groups is 1. The van der Waals surface area contributed by atoms with Crippen LogP contribution in [-0.2, 0) is 25.9 Å². The molecule has 0 saturated heterocycles. The Kier molecular flexibility index (Phi) is 9.03. The Hall–Kier alpha value is -1.64. The van der Waals surface area contributed by atoms with Gasteiger partial charge in [-0.05, 0) is 32.3 Å². The molecule has 2 heterocycles. The Balaban J connectivity index is 0.00000261. The summed E-state index contributed by atoms with van der Waals surface area (Å²) in [4.78, 5) is 4.70. The quantitative estimate of drug-likeness (QED) is 0.377. The molecule has 1 aromatic carbocycles. The lowest BCUT2D eigenvalue weighted by Gasteiger charge is -2.12. The van der Waals surface area contributed by atoms with E-state index in [4.69, 9.17) is 4.99 Å². The summed E-state index contributed by atoms with van der Waals surface area (Å²) in [5, 5.41) is 15.5. The Labute approximate surface area is 179 Å². The van der Waals surface area contributed by atoms with Gasteiger partial charge >= 0.3 is 0 Å². The predicted octanol–water partition coefficient (Wildman–Crippen LogP) is 3.23. The lowest BCUT2D eigenvalue weighted by molar-refractivity contribution is 0.600. The summed E-state index contributed by atoms with van der Waals surface area (Å²) in [6.45, 7) is 7.58. The fraction of sp³-hybridized carbons (Fsp3) is 0.550. The second-order valence-electron chi connectivity index (χ2n) is 6.86. The fourth-order valence-corrected chi connectivity index (χ4v) is 3.35. The van der Waals surface area contributed by atoms with Crippen LogP contribution in [-0.4, -0.2) is 33.8 Å². The first-order valence-corrected chi connectivity index (χ1v) is 9.75. The molecule has 0 radical (unpaired) electrons. The minimum absolute atomic E-state index is 0. The number of nitrogens with one attached hydrogen (secondary N) is 2. The van der Waals surface area contributed by atoms with E-state index in [1.54, 1.807) is 0 Å². The highest BCUT2D eigenvalue weighted by atomic mass is 127. The maximum absolute atomic E-state index is 4.70. The summed E-state index contributed by atoms with van der Waals surface area (Å²) in [6.07, 6.45) is 5.67. The zero-order chi connectivity index (χ0) is 18.2. The molecule has 3 rings (SSSR count). The molecule has 0 unspecified atom stereocenters. The molecule has 0 aliphatic carbocycles. The number of aryl methyl sites for hydroxylation is 2. The molecule has 0 fully saturated rings. The highest BCUT2D eigenvalue weighted by Gasteiger charge is 2.14. The van der Waals surface area contributed by atoms with Gasteiger partial charge in [0.25, 0.3) is 0 Å². The summed E-state index contributed by atoms with van der Waals surface area (Å²) in [5.74, 6) is 3.09. The molecule has 0 spiro atoms. The summed E-state index contributed by atoms with van der Waals surface area (Å²) in [7, 11) is 0. The Morgan fingerprint density at radius 2 is 2.07 bits per heavy atom. The van der Waals surface area contributed by atoms with Crippen LogP contribution in [0.2, 0.25) is 0 Å². The molecule has 148 valence electrons. The molecule has 1 aliphatic heterocycles. The van der Waals surface area contributed by atoms with E-state index in [2.05, 4.69) is 63.5 Å². The van der Waals surface area contributed by atoms with Crippen LogP contribution in [0.5, 0.6) is 0 Å². The Morgan fingerprint density at radius 1 is 1.19 bits per heavy atom. The van der Waals surface area contributed by atoms with Gasteiger partial charge in [0.05, 0.1) is 6.54 Å². The maximum Gasteiger partial charge on any atom is 0.191 e.